The van der Waals surface area contributed by atoms with Crippen molar-refractivity contribution in [2.24, 2.45) is 5.92 Å². The molecule has 4 heteroatoms. The van der Waals surface area contributed by atoms with Crippen molar-refractivity contribution in [2.45, 2.75) is 38.4 Å². The van der Waals surface area contributed by atoms with Gasteiger partial charge in [-0.05, 0) is 53.1 Å². The standard InChI is InChI=1S/C13H19BrN2S/c1-9-6-15-12(10-2-3-10)7-16(9)8-13-11(14)4-5-17-13/h4-5,9-10,12,15H,2-3,6-8H2,1H3. The second kappa shape index (κ2) is 5.00. The Labute approximate surface area is 116 Å². The summed E-state index contributed by atoms with van der Waals surface area (Å²) in [5.74, 6) is 0.955. The van der Waals surface area contributed by atoms with Gasteiger partial charge in [0, 0.05) is 41.1 Å². The number of nitrogens with one attached hydrogen (secondary N) is 1. The first-order valence-electron chi connectivity index (χ1n) is 6.43. The zero-order valence-corrected chi connectivity index (χ0v) is 12.6. The summed E-state index contributed by atoms with van der Waals surface area (Å²) in [5.41, 5.74) is 0. The zero-order valence-electron chi connectivity index (χ0n) is 10.2. The molecule has 2 atom stereocenters. The van der Waals surface area contributed by atoms with Gasteiger partial charge in [-0.3, -0.25) is 4.90 Å². The topological polar surface area (TPSA) is 15.3 Å². The number of hydrogen-bond acceptors (Lipinski definition) is 3. The van der Waals surface area contributed by atoms with E-state index in [0.717, 1.165) is 25.0 Å². The molecule has 0 amide bonds. The molecule has 1 saturated carbocycles. The van der Waals surface area contributed by atoms with Crippen LogP contribution in [0.4, 0.5) is 0 Å². The number of rotatable bonds is 3. The van der Waals surface area contributed by atoms with Gasteiger partial charge in [-0.25, -0.2) is 0 Å². The first-order valence-corrected chi connectivity index (χ1v) is 8.10. The molecule has 17 heavy (non-hydrogen) atoms. The average molecular weight is 315 g/mol. The quantitative estimate of drug-likeness (QED) is 0.922. The third-order valence-electron chi connectivity index (χ3n) is 3.96. The summed E-state index contributed by atoms with van der Waals surface area (Å²) < 4.78 is 1.27. The van der Waals surface area contributed by atoms with Gasteiger partial charge in [-0.2, -0.15) is 0 Å². The Hall–Kier alpha value is 0.100. The smallest absolute Gasteiger partial charge is 0.0343 e. The maximum atomic E-state index is 3.71. The summed E-state index contributed by atoms with van der Waals surface area (Å²) in [6, 6.07) is 3.55. The molecule has 1 aromatic rings. The molecule has 3 rings (SSSR count). The minimum absolute atomic E-state index is 0.652. The van der Waals surface area contributed by atoms with Crippen LogP contribution in [0, 0.1) is 5.92 Å². The van der Waals surface area contributed by atoms with E-state index in [-0.39, 0.29) is 0 Å². The Morgan fingerprint density at radius 3 is 3.00 bits per heavy atom. The van der Waals surface area contributed by atoms with Crippen LogP contribution in [0.15, 0.2) is 15.9 Å². The van der Waals surface area contributed by atoms with Crippen LogP contribution in [0.1, 0.15) is 24.6 Å². The fraction of sp³-hybridized carbons (Fsp3) is 0.692. The minimum atomic E-state index is 0.652. The monoisotopic (exact) mass is 314 g/mol. The maximum absolute atomic E-state index is 3.71. The van der Waals surface area contributed by atoms with E-state index >= 15 is 0 Å². The molecular formula is C13H19BrN2S. The molecule has 0 spiro atoms. The molecular weight excluding hydrogens is 296 g/mol. The highest BCUT2D eigenvalue weighted by molar-refractivity contribution is 9.10. The molecule has 1 aliphatic heterocycles. The number of halogens is 1. The van der Waals surface area contributed by atoms with Gasteiger partial charge in [-0.15, -0.1) is 11.3 Å². The normalized spacial score (nSPS) is 30.7. The molecule has 1 N–H and O–H groups in total. The van der Waals surface area contributed by atoms with Crippen LogP contribution in [-0.4, -0.2) is 30.1 Å². The Balaban J connectivity index is 1.65. The fourth-order valence-corrected chi connectivity index (χ4v) is 4.11. The van der Waals surface area contributed by atoms with Crippen molar-refractivity contribution in [3.05, 3.63) is 20.8 Å². The average Bonchev–Trinajstić information content (AvgIpc) is 3.08. The van der Waals surface area contributed by atoms with Gasteiger partial charge in [0.1, 0.15) is 0 Å². The van der Waals surface area contributed by atoms with E-state index in [1.807, 2.05) is 11.3 Å². The van der Waals surface area contributed by atoms with Gasteiger partial charge in [-0.1, -0.05) is 0 Å². The van der Waals surface area contributed by atoms with Crippen molar-refractivity contribution in [3.63, 3.8) is 0 Å². The highest BCUT2D eigenvalue weighted by Crippen LogP contribution is 2.35. The van der Waals surface area contributed by atoms with E-state index in [9.17, 15) is 0 Å². The summed E-state index contributed by atoms with van der Waals surface area (Å²) in [4.78, 5) is 4.10. The Kier molecular flexibility index (Phi) is 3.57. The second-order valence-electron chi connectivity index (χ2n) is 5.32. The summed E-state index contributed by atoms with van der Waals surface area (Å²) >= 11 is 5.50. The number of nitrogens with zero attached hydrogens (tertiary/aromatic N) is 1. The Bertz CT molecular complexity index is 389. The Morgan fingerprint density at radius 1 is 1.53 bits per heavy atom. The summed E-state index contributed by atoms with van der Waals surface area (Å²) in [6.45, 7) is 5.79. The lowest BCUT2D eigenvalue weighted by molar-refractivity contribution is 0.126. The van der Waals surface area contributed by atoms with E-state index in [1.165, 1.54) is 28.7 Å². The van der Waals surface area contributed by atoms with Crippen molar-refractivity contribution in [1.82, 2.24) is 10.2 Å². The molecule has 0 radical (unpaired) electrons. The predicted octanol–water partition coefficient (Wildman–Crippen LogP) is 3.08. The highest BCUT2D eigenvalue weighted by atomic mass is 79.9. The lowest BCUT2D eigenvalue weighted by Gasteiger charge is -2.39. The van der Waals surface area contributed by atoms with Crippen LogP contribution in [0.5, 0.6) is 0 Å². The van der Waals surface area contributed by atoms with Crippen LogP contribution >= 0.6 is 27.3 Å². The molecule has 2 heterocycles. The van der Waals surface area contributed by atoms with Crippen molar-refractivity contribution >= 4 is 27.3 Å². The zero-order chi connectivity index (χ0) is 11.8. The molecule has 1 saturated heterocycles. The fourth-order valence-electron chi connectivity index (χ4n) is 2.61. The Morgan fingerprint density at radius 2 is 2.35 bits per heavy atom. The van der Waals surface area contributed by atoms with E-state index < -0.39 is 0 Å². The highest BCUT2D eigenvalue weighted by Gasteiger charge is 2.36. The second-order valence-corrected chi connectivity index (χ2v) is 7.18. The van der Waals surface area contributed by atoms with Gasteiger partial charge in [0.15, 0.2) is 0 Å². The summed E-state index contributed by atoms with van der Waals surface area (Å²) in [5, 5.41) is 5.88. The predicted molar refractivity (Wildman–Crippen MR) is 76.4 cm³/mol. The van der Waals surface area contributed by atoms with Gasteiger partial charge >= 0.3 is 0 Å². The van der Waals surface area contributed by atoms with E-state index in [4.69, 9.17) is 0 Å². The molecule has 2 aliphatic rings. The largest absolute Gasteiger partial charge is 0.311 e. The van der Waals surface area contributed by atoms with Gasteiger partial charge < -0.3 is 5.32 Å². The van der Waals surface area contributed by atoms with Crippen molar-refractivity contribution in [3.8, 4) is 0 Å². The number of hydrogen-bond donors (Lipinski definition) is 1. The third-order valence-corrected chi connectivity index (χ3v) is 5.87. The number of thiophene rings is 1. The molecule has 2 nitrogen and oxygen atoms in total. The van der Waals surface area contributed by atoms with E-state index in [0.29, 0.717) is 6.04 Å². The molecule has 2 fully saturated rings. The van der Waals surface area contributed by atoms with E-state index in [1.54, 1.807) is 0 Å². The lowest BCUT2D eigenvalue weighted by atomic mass is 10.1. The molecule has 0 bridgehead atoms. The molecule has 2 unspecified atom stereocenters. The first-order chi connectivity index (χ1) is 8.24. The maximum Gasteiger partial charge on any atom is 0.0343 e. The summed E-state index contributed by atoms with van der Waals surface area (Å²) in [6.07, 6.45) is 2.87. The third kappa shape index (κ3) is 2.75. The first kappa shape index (κ1) is 12.2. The molecule has 0 aromatic carbocycles. The van der Waals surface area contributed by atoms with Crippen LogP contribution in [0.3, 0.4) is 0 Å². The van der Waals surface area contributed by atoms with Crippen LogP contribution < -0.4 is 5.32 Å². The lowest BCUT2D eigenvalue weighted by Crippen LogP contribution is -2.55. The van der Waals surface area contributed by atoms with Crippen LogP contribution in [0.2, 0.25) is 0 Å². The van der Waals surface area contributed by atoms with Crippen molar-refractivity contribution < 1.29 is 0 Å². The molecule has 1 aromatic heterocycles. The molecule has 1 aliphatic carbocycles. The van der Waals surface area contributed by atoms with Crippen molar-refractivity contribution in [2.75, 3.05) is 13.1 Å². The SMILES string of the molecule is CC1CNC(C2CC2)CN1Cc1sccc1Br. The minimum Gasteiger partial charge on any atom is -0.311 e. The van der Waals surface area contributed by atoms with Crippen LogP contribution in [-0.2, 0) is 6.54 Å². The molecule has 94 valence electrons. The van der Waals surface area contributed by atoms with Gasteiger partial charge in [0.25, 0.3) is 0 Å². The summed E-state index contributed by atoms with van der Waals surface area (Å²) in [7, 11) is 0. The van der Waals surface area contributed by atoms with Crippen LogP contribution in [0.25, 0.3) is 0 Å². The van der Waals surface area contributed by atoms with Gasteiger partial charge in [0.2, 0.25) is 0 Å². The van der Waals surface area contributed by atoms with Crippen molar-refractivity contribution in [1.29, 1.82) is 0 Å². The van der Waals surface area contributed by atoms with Gasteiger partial charge in [0.05, 0.1) is 0 Å². The number of piperazine rings is 1. The van der Waals surface area contributed by atoms with E-state index in [2.05, 4.69) is 44.5 Å².